The van der Waals surface area contributed by atoms with E-state index >= 15 is 0 Å². The van der Waals surface area contributed by atoms with Crippen LogP contribution < -0.4 is 10.6 Å². The van der Waals surface area contributed by atoms with Crippen LogP contribution in [-0.4, -0.2) is 22.4 Å². The maximum absolute atomic E-state index is 11.6. The number of benzene rings is 1. The van der Waals surface area contributed by atoms with Gasteiger partial charge >= 0.3 is 0 Å². The van der Waals surface area contributed by atoms with Gasteiger partial charge in [0.2, 0.25) is 0 Å². The van der Waals surface area contributed by atoms with Gasteiger partial charge in [0, 0.05) is 31.0 Å². The monoisotopic (exact) mass is 281 g/mol. The van der Waals surface area contributed by atoms with Crippen LogP contribution in [0.1, 0.15) is 28.5 Å². The van der Waals surface area contributed by atoms with Crippen molar-refractivity contribution in [1.29, 1.82) is 5.26 Å². The third kappa shape index (κ3) is 3.76. The van der Waals surface area contributed by atoms with Gasteiger partial charge in [-0.25, -0.2) is 9.97 Å². The first-order valence-electron chi connectivity index (χ1n) is 6.56. The molecule has 2 N–H and O–H groups in total. The van der Waals surface area contributed by atoms with Gasteiger partial charge in [-0.15, -0.1) is 0 Å². The summed E-state index contributed by atoms with van der Waals surface area (Å²) in [7, 11) is 0. The molecule has 1 aromatic carbocycles. The second-order valence-corrected chi connectivity index (χ2v) is 4.28. The molecule has 0 radical (unpaired) electrons. The van der Waals surface area contributed by atoms with Crippen molar-refractivity contribution < 1.29 is 4.79 Å². The molecule has 0 atom stereocenters. The zero-order valence-electron chi connectivity index (χ0n) is 11.6. The Kier molecular flexibility index (Phi) is 4.83. The molecule has 2 rings (SSSR count). The third-order valence-corrected chi connectivity index (χ3v) is 2.82. The second-order valence-electron chi connectivity index (χ2n) is 4.28. The van der Waals surface area contributed by atoms with E-state index in [9.17, 15) is 4.79 Å². The summed E-state index contributed by atoms with van der Waals surface area (Å²) in [5.41, 5.74) is 1.87. The molecule has 0 saturated heterocycles. The number of amides is 1. The highest BCUT2D eigenvalue weighted by Crippen LogP contribution is 2.10. The number of nitriles is 1. The van der Waals surface area contributed by atoms with Crippen LogP contribution in [0.2, 0.25) is 0 Å². The van der Waals surface area contributed by atoms with Gasteiger partial charge in [0.25, 0.3) is 5.91 Å². The summed E-state index contributed by atoms with van der Waals surface area (Å²) < 4.78 is 0. The van der Waals surface area contributed by atoms with Crippen molar-refractivity contribution in [3.05, 3.63) is 53.5 Å². The van der Waals surface area contributed by atoms with Crippen LogP contribution in [0, 0.1) is 11.3 Å². The van der Waals surface area contributed by atoms with Crippen LogP contribution in [0.5, 0.6) is 0 Å². The van der Waals surface area contributed by atoms with Gasteiger partial charge in [-0.1, -0.05) is 12.1 Å². The lowest BCUT2D eigenvalue weighted by Gasteiger charge is -2.07. The Morgan fingerprint density at radius 3 is 2.62 bits per heavy atom. The summed E-state index contributed by atoms with van der Waals surface area (Å²) in [5.74, 6) is 0.366. The van der Waals surface area contributed by atoms with Crippen molar-refractivity contribution in [3.8, 4) is 6.07 Å². The lowest BCUT2D eigenvalue weighted by atomic mass is 10.1. The van der Waals surface area contributed by atoms with E-state index in [4.69, 9.17) is 5.26 Å². The molecule has 0 aliphatic carbocycles. The Morgan fingerprint density at radius 2 is 1.95 bits per heavy atom. The van der Waals surface area contributed by atoms with E-state index in [1.165, 1.54) is 12.4 Å². The van der Waals surface area contributed by atoms with E-state index in [1.54, 1.807) is 12.1 Å². The van der Waals surface area contributed by atoms with E-state index in [2.05, 4.69) is 20.6 Å². The van der Waals surface area contributed by atoms with Crippen molar-refractivity contribution >= 4 is 11.7 Å². The SMILES string of the molecule is CCNC(=O)c1ccc(CNc2nccnc2C#N)cc1. The Morgan fingerprint density at radius 1 is 1.24 bits per heavy atom. The van der Waals surface area contributed by atoms with Gasteiger partial charge in [0.15, 0.2) is 11.5 Å². The van der Waals surface area contributed by atoms with Gasteiger partial charge in [-0.05, 0) is 24.6 Å². The maximum atomic E-state index is 11.6. The first-order valence-corrected chi connectivity index (χ1v) is 6.56. The number of rotatable bonds is 5. The number of aromatic nitrogens is 2. The van der Waals surface area contributed by atoms with Crippen LogP contribution >= 0.6 is 0 Å². The minimum Gasteiger partial charge on any atom is -0.364 e. The van der Waals surface area contributed by atoms with Crippen LogP contribution in [0.15, 0.2) is 36.7 Å². The van der Waals surface area contributed by atoms with E-state index < -0.39 is 0 Å². The maximum Gasteiger partial charge on any atom is 0.251 e. The Labute approximate surface area is 122 Å². The van der Waals surface area contributed by atoms with Gasteiger partial charge in [-0.3, -0.25) is 4.79 Å². The summed E-state index contributed by atoms with van der Waals surface area (Å²) in [6.07, 6.45) is 3.01. The largest absolute Gasteiger partial charge is 0.364 e. The summed E-state index contributed by atoms with van der Waals surface area (Å²) in [5, 5.41) is 14.7. The average Bonchev–Trinajstić information content (AvgIpc) is 2.54. The molecule has 6 heteroatoms. The fourth-order valence-electron chi connectivity index (χ4n) is 1.77. The van der Waals surface area contributed by atoms with E-state index in [1.807, 2.05) is 25.1 Å². The van der Waals surface area contributed by atoms with Gasteiger partial charge in [0.05, 0.1) is 0 Å². The van der Waals surface area contributed by atoms with Crippen LogP contribution in [-0.2, 0) is 6.54 Å². The Balaban J connectivity index is 2.01. The highest BCUT2D eigenvalue weighted by molar-refractivity contribution is 5.94. The highest BCUT2D eigenvalue weighted by Gasteiger charge is 2.05. The lowest BCUT2D eigenvalue weighted by Crippen LogP contribution is -2.22. The number of nitrogens with zero attached hydrogens (tertiary/aromatic N) is 3. The Bertz CT molecular complexity index is 661. The zero-order chi connectivity index (χ0) is 15.1. The first kappa shape index (κ1) is 14.5. The van der Waals surface area contributed by atoms with Gasteiger partial charge in [0.1, 0.15) is 6.07 Å². The van der Waals surface area contributed by atoms with Crippen LogP contribution in [0.3, 0.4) is 0 Å². The standard InChI is InChI=1S/C15H15N5O/c1-2-17-15(21)12-5-3-11(4-6-12)10-20-14-13(9-16)18-7-8-19-14/h3-8H,2,10H2,1H3,(H,17,21)(H,19,20). The third-order valence-electron chi connectivity index (χ3n) is 2.82. The van der Waals surface area contributed by atoms with E-state index in [0.29, 0.717) is 24.5 Å². The molecule has 106 valence electrons. The molecular formula is C15H15N5O. The molecule has 1 heterocycles. The highest BCUT2D eigenvalue weighted by atomic mass is 16.1. The summed E-state index contributed by atoms with van der Waals surface area (Å²) in [4.78, 5) is 19.6. The minimum atomic E-state index is -0.0855. The smallest absolute Gasteiger partial charge is 0.251 e. The van der Waals surface area contributed by atoms with Crippen molar-refractivity contribution in [2.45, 2.75) is 13.5 Å². The molecule has 21 heavy (non-hydrogen) atoms. The zero-order valence-corrected chi connectivity index (χ0v) is 11.6. The van der Waals surface area contributed by atoms with E-state index in [-0.39, 0.29) is 11.6 Å². The molecular weight excluding hydrogens is 266 g/mol. The molecule has 1 amide bonds. The molecule has 0 unspecified atom stereocenters. The number of carbonyl (C=O) groups is 1. The molecule has 1 aromatic heterocycles. The van der Waals surface area contributed by atoms with Crippen molar-refractivity contribution in [2.24, 2.45) is 0 Å². The lowest BCUT2D eigenvalue weighted by molar-refractivity contribution is 0.0956. The second kappa shape index (κ2) is 7.01. The van der Waals surface area contributed by atoms with Crippen molar-refractivity contribution in [3.63, 3.8) is 0 Å². The van der Waals surface area contributed by atoms with Crippen molar-refractivity contribution in [2.75, 3.05) is 11.9 Å². The predicted octanol–water partition coefficient (Wildman–Crippen LogP) is 1.71. The average molecular weight is 281 g/mol. The number of carbonyl (C=O) groups excluding carboxylic acids is 1. The van der Waals surface area contributed by atoms with Gasteiger partial charge in [-0.2, -0.15) is 5.26 Å². The molecule has 0 fully saturated rings. The first-order chi connectivity index (χ1) is 10.2. The van der Waals surface area contributed by atoms with Crippen molar-refractivity contribution in [1.82, 2.24) is 15.3 Å². The number of hydrogen-bond donors (Lipinski definition) is 2. The topological polar surface area (TPSA) is 90.7 Å². The molecule has 6 nitrogen and oxygen atoms in total. The minimum absolute atomic E-state index is 0.0855. The molecule has 0 saturated carbocycles. The summed E-state index contributed by atoms with van der Waals surface area (Å²) in [6.45, 7) is 2.98. The van der Waals surface area contributed by atoms with Crippen LogP contribution in [0.4, 0.5) is 5.82 Å². The molecule has 0 aliphatic rings. The quantitative estimate of drug-likeness (QED) is 0.870. The van der Waals surface area contributed by atoms with Gasteiger partial charge < -0.3 is 10.6 Å². The fourth-order valence-corrected chi connectivity index (χ4v) is 1.77. The number of hydrogen-bond acceptors (Lipinski definition) is 5. The van der Waals surface area contributed by atoms with Crippen LogP contribution in [0.25, 0.3) is 0 Å². The predicted molar refractivity (Wildman–Crippen MR) is 78.5 cm³/mol. The molecule has 0 aliphatic heterocycles. The summed E-state index contributed by atoms with van der Waals surface area (Å²) in [6, 6.07) is 9.24. The molecule has 2 aromatic rings. The molecule has 0 spiro atoms. The summed E-state index contributed by atoms with van der Waals surface area (Å²) >= 11 is 0. The van der Waals surface area contributed by atoms with E-state index in [0.717, 1.165) is 5.56 Å². The molecule has 0 bridgehead atoms. The Hall–Kier alpha value is -2.94. The fraction of sp³-hybridized carbons (Fsp3) is 0.200. The number of anilines is 1. The normalized spacial score (nSPS) is 9.71. The number of nitrogens with one attached hydrogen (secondary N) is 2.